The number of likely N-dealkylation sites (tertiary alicyclic amines) is 1. The number of anilines is 1. The Morgan fingerprint density at radius 1 is 1.21 bits per heavy atom. The van der Waals surface area contributed by atoms with Crippen LogP contribution in [0.15, 0.2) is 30.6 Å². The van der Waals surface area contributed by atoms with Gasteiger partial charge in [0.15, 0.2) is 5.78 Å². The van der Waals surface area contributed by atoms with Crippen molar-refractivity contribution in [2.45, 2.75) is 82.8 Å². The van der Waals surface area contributed by atoms with E-state index >= 15 is 0 Å². The summed E-state index contributed by atoms with van der Waals surface area (Å²) in [7, 11) is 0. The number of ketones is 1. The molecule has 182 valence electrons. The van der Waals surface area contributed by atoms with Crippen LogP contribution in [-0.4, -0.2) is 53.0 Å². The summed E-state index contributed by atoms with van der Waals surface area (Å²) in [6.45, 7) is 5.29. The summed E-state index contributed by atoms with van der Waals surface area (Å²) < 4.78 is 6.22. The molecular weight excluding hydrogens is 424 g/mol. The van der Waals surface area contributed by atoms with Crippen molar-refractivity contribution in [1.29, 1.82) is 0 Å². The van der Waals surface area contributed by atoms with Gasteiger partial charge in [0.05, 0.1) is 12.1 Å². The molecular formula is C28H38N4O2. The summed E-state index contributed by atoms with van der Waals surface area (Å²) in [5, 5.41) is 3.43. The van der Waals surface area contributed by atoms with E-state index in [9.17, 15) is 4.79 Å². The van der Waals surface area contributed by atoms with Gasteiger partial charge in [0.1, 0.15) is 5.82 Å². The zero-order valence-electron chi connectivity index (χ0n) is 20.5. The molecule has 1 N–H and O–H groups in total. The zero-order chi connectivity index (χ0) is 23.3. The van der Waals surface area contributed by atoms with Crippen molar-refractivity contribution >= 4 is 11.6 Å². The Kier molecular flexibility index (Phi) is 7.55. The minimum Gasteiger partial charge on any atom is -0.377 e. The van der Waals surface area contributed by atoms with Crippen LogP contribution in [0.4, 0.5) is 5.82 Å². The van der Waals surface area contributed by atoms with E-state index in [1.165, 1.54) is 36.1 Å². The predicted molar refractivity (Wildman–Crippen MR) is 134 cm³/mol. The molecule has 5 rings (SSSR count). The molecule has 34 heavy (non-hydrogen) atoms. The van der Waals surface area contributed by atoms with Gasteiger partial charge in [-0.25, -0.2) is 4.98 Å². The maximum absolute atomic E-state index is 12.6. The molecule has 2 aliphatic heterocycles. The Hall–Kier alpha value is -2.31. The number of Topliss-reactive ketones (excluding diaryl/α,β-unsaturated/α-hetero) is 1. The number of pyridine rings is 2. The largest absolute Gasteiger partial charge is 0.377 e. The first-order valence-electron chi connectivity index (χ1n) is 13.2. The van der Waals surface area contributed by atoms with Crippen LogP contribution in [0.3, 0.4) is 0 Å². The second-order valence-electron chi connectivity index (χ2n) is 10.2. The van der Waals surface area contributed by atoms with Gasteiger partial charge in [-0.3, -0.25) is 14.7 Å². The number of aromatic nitrogens is 2. The molecule has 0 aromatic carbocycles. The number of nitrogens with one attached hydrogen (secondary N) is 1. The van der Waals surface area contributed by atoms with E-state index < -0.39 is 0 Å². The molecule has 1 saturated heterocycles. The van der Waals surface area contributed by atoms with E-state index in [0.29, 0.717) is 5.92 Å². The fraction of sp³-hybridized carbons (Fsp3) is 0.607. The number of hydrogen-bond acceptors (Lipinski definition) is 6. The normalized spacial score (nSPS) is 21.1. The first kappa shape index (κ1) is 23.4. The van der Waals surface area contributed by atoms with Gasteiger partial charge in [0.25, 0.3) is 0 Å². The van der Waals surface area contributed by atoms with Gasteiger partial charge in [0.2, 0.25) is 0 Å². The predicted octanol–water partition coefficient (Wildman–Crippen LogP) is 4.85. The average Bonchev–Trinajstić information content (AvgIpc) is 3.60. The summed E-state index contributed by atoms with van der Waals surface area (Å²) in [6.07, 6.45) is 14.2. The SMILES string of the molecule is CC(=O)C(c1cnccc1C1CC1)N1CC[C@@H](OCCCCCc2ccc3c(n2)NCCC3)C1. The van der Waals surface area contributed by atoms with Gasteiger partial charge in [-0.05, 0) is 93.0 Å². The van der Waals surface area contributed by atoms with E-state index in [2.05, 4.69) is 33.4 Å². The highest BCUT2D eigenvalue weighted by Crippen LogP contribution is 2.44. The highest BCUT2D eigenvalue weighted by atomic mass is 16.5. The minimum absolute atomic E-state index is 0.184. The Labute approximate surface area is 203 Å². The highest BCUT2D eigenvalue weighted by Gasteiger charge is 2.36. The Bertz CT molecular complexity index is 990. The quantitative estimate of drug-likeness (QED) is 0.482. The smallest absolute Gasteiger partial charge is 0.151 e. The van der Waals surface area contributed by atoms with Gasteiger partial charge in [0, 0.05) is 44.3 Å². The number of carbonyl (C=O) groups excluding carboxylic acids is 1. The van der Waals surface area contributed by atoms with E-state index in [0.717, 1.165) is 76.1 Å². The molecule has 6 nitrogen and oxygen atoms in total. The number of nitrogens with zero attached hydrogens (tertiary/aromatic N) is 3. The molecule has 2 aromatic heterocycles. The molecule has 1 aliphatic carbocycles. The first-order chi connectivity index (χ1) is 16.7. The topological polar surface area (TPSA) is 67.4 Å². The Morgan fingerprint density at radius 2 is 2.12 bits per heavy atom. The Balaban J connectivity index is 1.05. The number of aryl methyl sites for hydroxylation is 2. The van der Waals surface area contributed by atoms with E-state index in [4.69, 9.17) is 9.72 Å². The van der Waals surface area contributed by atoms with Crippen molar-refractivity contribution in [3.63, 3.8) is 0 Å². The standard InChI is InChI=1S/C28H38N4O2/c1-20(33)27(26-18-29-15-12-25(26)21-8-9-21)32-16-13-24(19-32)34-17-4-2-3-7-23-11-10-22-6-5-14-30-28(22)31-23/h10-12,15,18,21,24,27H,2-9,13-14,16-17,19H2,1H3,(H,30,31)/t24-,27?/m1/s1. The summed E-state index contributed by atoms with van der Waals surface area (Å²) in [4.78, 5) is 24.1. The van der Waals surface area contributed by atoms with Gasteiger partial charge in [-0.2, -0.15) is 0 Å². The van der Waals surface area contributed by atoms with Crippen LogP contribution in [0.2, 0.25) is 0 Å². The van der Waals surface area contributed by atoms with E-state index in [1.54, 1.807) is 6.92 Å². The van der Waals surface area contributed by atoms with E-state index in [1.807, 2.05) is 12.4 Å². The molecule has 1 unspecified atom stereocenters. The van der Waals surface area contributed by atoms with Gasteiger partial charge in [-0.15, -0.1) is 0 Å². The Morgan fingerprint density at radius 3 is 2.97 bits per heavy atom. The fourth-order valence-electron chi connectivity index (χ4n) is 5.55. The monoisotopic (exact) mass is 462 g/mol. The van der Waals surface area contributed by atoms with Gasteiger partial charge >= 0.3 is 0 Å². The molecule has 2 atom stereocenters. The van der Waals surface area contributed by atoms with Crippen LogP contribution < -0.4 is 5.32 Å². The summed E-state index contributed by atoms with van der Waals surface area (Å²) in [5.74, 6) is 1.92. The van der Waals surface area contributed by atoms with Crippen molar-refractivity contribution in [3.05, 3.63) is 53.0 Å². The molecule has 4 heterocycles. The fourth-order valence-corrected chi connectivity index (χ4v) is 5.55. The second-order valence-corrected chi connectivity index (χ2v) is 10.2. The lowest BCUT2D eigenvalue weighted by molar-refractivity contribution is -0.122. The molecule has 2 fully saturated rings. The highest BCUT2D eigenvalue weighted by molar-refractivity contribution is 5.83. The second kappa shape index (κ2) is 11.0. The third-order valence-electron chi connectivity index (χ3n) is 7.51. The molecule has 0 bridgehead atoms. The lowest BCUT2D eigenvalue weighted by Crippen LogP contribution is -2.33. The van der Waals surface area contributed by atoms with Crippen LogP contribution in [0, 0.1) is 0 Å². The third kappa shape index (κ3) is 5.66. The van der Waals surface area contributed by atoms with E-state index in [-0.39, 0.29) is 17.9 Å². The zero-order valence-corrected chi connectivity index (χ0v) is 20.5. The van der Waals surface area contributed by atoms with Gasteiger partial charge < -0.3 is 10.1 Å². The third-order valence-corrected chi connectivity index (χ3v) is 7.51. The van der Waals surface area contributed by atoms with Crippen molar-refractivity contribution in [1.82, 2.24) is 14.9 Å². The number of carbonyl (C=O) groups is 1. The molecule has 0 spiro atoms. The summed E-state index contributed by atoms with van der Waals surface area (Å²) >= 11 is 0. The molecule has 2 aromatic rings. The van der Waals surface area contributed by atoms with Crippen molar-refractivity contribution in [2.75, 3.05) is 31.6 Å². The number of fused-ring (bicyclic) bond motifs is 1. The van der Waals surface area contributed by atoms with Crippen molar-refractivity contribution in [3.8, 4) is 0 Å². The lowest BCUT2D eigenvalue weighted by Gasteiger charge is -2.27. The van der Waals surface area contributed by atoms with Crippen LogP contribution in [0.25, 0.3) is 0 Å². The lowest BCUT2D eigenvalue weighted by atomic mass is 9.96. The van der Waals surface area contributed by atoms with Crippen LogP contribution >= 0.6 is 0 Å². The maximum atomic E-state index is 12.6. The number of rotatable bonds is 11. The van der Waals surface area contributed by atoms with Crippen LogP contribution in [0.1, 0.15) is 86.2 Å². The number of unbranched alkanes of at least 4 members (excludes halogenated alkanes) is 2. The molecule has 1 saturated carbocycles. The van der Waals surface area contributed by atoms with Crippen LogP contribution in [-0.2, 0) is 22.4 Å². The molecule has 0 amide bonds. The van der Waals surface area contributed by atoms with Crippen LogP contribution in [0.5, 0.6) is 0 Å². The summed E-state index contributed by atoms with van der Waals surface area (Å²) in [6, 6.07) is 6.37. The molecule has 0 radical (unpaired) electrons. The van der Waals surface area contributed by atoms with Gasteiger partial charge in [-0.1, -0.05) is 12.5 Å². The first-order valence-corrected chi connectivity index (χ1v) is 13.2. The number of ether oxygens (including phenoxy) is 1. The minimum atomic E-state index is -0.184. The number of hydrogen-bond donors (Lipinski definition) is 1. The van der Waals surface area contributed by atoms with Crippen molar-refractivity contribution in [2.24, 2.45) is 0 Å². The average molecular weight is 463 g/mol. The molecule has 6 heteroatoms. The maximum Gasteiger partial charge on any atom is 0.151 e. The van der Waals surface area contributed by atoms with Crippen molar-refractivity contribution < 1.29 is 9.53 Å². The molecule has 3 aliphatic rings. The summed E-state index contributed by atoms with van der Waals surface area (Å²) in [5.41, 5.74) is 4.98.